The number of nitrogens with one attached hydrogen (secondary N) is 2. The van der Waals surface area contributed by atoms with Crippen LogP contribution in [0.1, 0.15) is 36.9 Å². The third kappa shape index (κ3) is 3.07. The minimum absolute atomic E-state index is 0.619. The SMILES string of the molecule is CCNc1nc(Nc2ccc(C)cc2)cc(C2CC2)n1. The van der Waals surface area contributed by atoms with E-state index in [2.05, 4.69) is 64.8 Å². The Morgan fingerprint density at radius 1 is 1.15 bits per heavy atom. The first-order valence-electron chi connectivity index (χ1n) is 7.21. The Balaban J connectivity index is 1.85. The number of aryl methyl sites for hydroxylation is 1. The molecule has 0 radical (unpaired) electrons. The molecule has 0 bridgehead atoms. The molecule has 0 aliphatic heterocycles. The fourth-order valence-corrected chi connectivity index (χ4v) is 2.14. The van der Waals surface area contributed by atoms with E-state index in [1.807, 2.05) is 0 Å². The monoisotopic (exact) mass is 268 g/mol. The van der Waals surface area contributed by atoms with Crippen molar-refractivity contribution in [3.63, 3.8) is 0 Å². The van der Waals surface area contributed by atoms with Crippen LogP contribution in [0.5, 0.6) is 0 Å². The first-order chi connectivity index (χ1) is 9.74. The van der Waals surface area contributed by atoms with Gasteiger partial charge in [-0.25, -0.2) is 4.98 Å². The van der Waals surface area contributed by atoms with E-state index in [9.17, 15) is 0 Å². The maximum absolute atomic E-state index is 4.58. The van der Waals surface area contributed by atoms with Crippen LogP contribution < -0.4 is 10.6 Å². The molecule has 1 aliphatic rings. The van der Waals surface area contributed by atoms with Crippen molar-refractivity contribution in [3.05, 3.63) is 41.6 Å². The van der Waals surface area contributed by atoms with Gasteiger partial charge in [-0.05, 0) is 38.8 Å². The standard InChI is InChI=1S/C16H20N4/c1-3-17-16-19-14(12-6-7-12)10-15(20-16)18-13-8-4-11(2)5-9-13/h4-5,8-10,12H,3,6-7H2,1-2H3,(H2,17,18,19,20). The Hall–Kier alpha value is -2.10. The zero-order valence-corrected chi connectivity index (χ0v) is 12.0. The lowest BCUT2D eigenvalue weighted by Gasteiger charge is -2.10. The Morgan fingerprint density at radius 3 is 2.55 bits per heavy atom. The summed E-state index contributed by atoms with van der Waals surface area (Å²) in [6.45, 7) is 4.97. The van der Waals surface area contributed by atoms with Crippen LogP contribution in [0.25, 0.3) is 0 Å². The predicted octanol–water partition coefficient (Wildman–Crippen LogP) is 3.84. The average molecular weight is 268 g/mol. The number of nitrogens with zero attached hydrogens (tertiary/aromatic N) is 2. The summed E-state index contributed by atoms with van der Waals surface area (Å²) < 4.78 is 0. The van der Waals surface area contributed by atoms with Crippen LogP contribution in [-0.4, -0.2) is 16.5 Å². The summed E-state index contributed by atoms with van der Waals surface area (Å²) in [5.41, 5.74) is 3.45. The summed E-state index contributed by atoms with van der Waals surface area (Å²) in [7, 11) is 0. The van der Waals surface area contributed by atoms with Crippen molar-refractivity contribution in [3.8, 4) is 0 Å². The van der Waals surface area contributed by atoms with Gasteiger partial charge in [-0.1, -0.05) is 17.7 Å². The van der Waals surface area contributed by atoms with Crippen molar-refractivity contribution in [2.24, 2.45) is 0 Å². The van der Waals surface area contributed by atoms with E-state index in [0.717, 1.165) is 23.7 Å². The van der Waals surface area contributed by atoms with Gasteiger partial charge in [0.2, 0.25) is 5.95 Å². The average Bonchev–Trinajstić information content (AvgIpc) is 3.26. The van der Waals surface area contributed by atoms with E-state index in [-0.39, 0.29) is 0 Å². The highest BCUT2D eigenvalue weighted by molar-refractivity contribution is 5.58. The van der Waals surface area contributed by atoms with Gasteiger partial charge < -0.3 is 10.6 Å². The number of hydrogen-bond acceptors (Lipinski definition) is 4. The molecular weight excluding hydrogens is 248 g/mol. The zero-order valence-electron chi connectivity index (χ0n) is 12.0. The second-order valence-electron chi connectivity index (χ2n) is 5.30. The molecule has 104 valence electrons. The molecule has 0 spiro atoms. The summed E-state index contributed by atoms with van der Waals surface area (Å²) >= 11 is 0. The Morgan fingerprint density at radius 2 is 1.90 bits per heavy atom. The molecule has 1 aromatic heterocycles. The molecule has 3 rings (SSSR count). The van der Waals surface area contributed by atoms with Crippen molar-refractivity contribution in [1.29, 1.82) is 0 Å². The van der Waals surface area contributed by atoms with Gasteiger partial charge in [0.15, 0.2) is 0 Å². The number of anilines is 3. The van der Waals surface area contributed by atoms with E-state index < -0.39 is 0 Å². The van der Waals surface area contributed by atoms with Gasteiger partial charge in [-0.2, -0.15) is 4.98 Å². The second kappa shape index (κ2) is 5.49. The molecular formula is C16H20N4. The first kappa shape index (κ1) is 12.9. The highest BCUT2D eigenvalue weighted by Crippen LogP contribution is 2.40. The van der Waals surface area contributed by atoms with Crippen LogP contribution >= 0.6 is 0 Å². The fraction of sp³-hybridized carbons (Fsp3) is 0.375. The Bertz CT molecular complexity index is 588. The van der Waals surface area contributed by atoms with Gasteiger partial charge in [0.25, 0.3) is 0 Å². The summed E-state index contributed by atoms with van der Waals surface area (Å²) in [5, 5.41) is 6.57. The van der Waals surface area contributed by atoms with Gasteiger partial charge in [0.05, 0.1) is 5.69 Å². The predicted molar refractivity (Wildman–Crippen MR) is 82.6 cm³/mol. The van der Waals surface area contributed by atoms with Crippen molar-refractivity contribution < 1.29 is 0 Å². The second-order valence-corrected chi connectivity index (χ2v) is 5.30. The van der Waals surface area contributed by atoms with E-state index >= 15 is 0 Å². The topological polar surface area (TPSA) is 49.8 Å². The van der Waals surface area contributed by atoms with Gasteiger partial charge in [0.1, 0.15) is 5.82 Å². The number of rotatable bonds is 5. The maximum Gasteiger partial charge on any atom is 0.224 e. The van der Waals surface area contributed by atoms with Crippen LogP contribution in [-0.2, 0) is 0 Å². The molecule has 0 atom stereocenters. The molecule has 2 aromatic rings. The lowest BCUT2D eigenvalue weighted by atomic mass is 10.2. The number of aromatic nitrogens is 2. The van der Waals surface area contributed by atoms with Crippen LogP contribution in [0, 0.1) is 6.92 Å². The van der Waals surface area contributed by atoms with Crippen molar-refractivity contribution in [2.45, 2.75) is 32.6 Å². The molecule has 4 heteroatoms. The van der Waals surface area contributed by atoms with Crippen molar-refractivity contribution >= 4 is 17.5 Å². The van der Waals surface area contributed by atoms with Gasteiger partial charge in [-0.3, -0.25) is 0 Å². The summed E-state index contributed by atoms with van der Waals surface area (Å²) in [5.74, 6) is 2.20. The van der Waals surface area contributed by atoms with Crippen LogP contribution in [0.3, 0.4) is 0 Å². The zero-order chi connectivity index (χ0) is 13.9. The highest BCUT2D eigenvalue weighted by Gasteiger charge is 2.26. The Kier molecular flexibility index (Phi) is 3.54. The summed E-state index contributed by atoms with van der Waals surface area (Å²) in [6.07, 6.45) is 2.49. The number of hydrogen-bond donors (Lipinski definition) is 2. The molecule has 20 heavy (non-hydrogen) atoms. The van der Waals surface area contributed by atoms with Gasteiger partial charge in [-0.15, -0.1) is 0 Å². The third-order valence-corrected chi connectivity index (χ3v) is 3.40. The van der Waals surface area contributed by atoms with E-state index in [1.165, 1.54) is 18.4 Å². The van der Waals surface area contributed by atoms with E-state index in [0.29, 0.717) is 11.9 Å². The number of benzene rings is 1. The maximum atomic E-state index is 4.58. The lowest BCUT2D eigenvalue weighted by molar-refractivity contribution is 0.978. The molecule has 1 saturated carbocycles. The van der Waals surface area contributed by atoms with E-state index in [4.69, 9.17) is 0 Å². The normalized spacial score (nSPS) is 14.1. The van der Waals surface area contributed by atoms with Crippen molar-refractivity contribution in [2.75, 3.05) is 17.2 Å². The Labute approximate surface area is 119 Å². The third-order valence-electron chi connectivity index (χ3n) is 3.40. The van der Waals surface area contributed by atoms with Crippen LogP contribution in [0.4, 0.5) is 17.5 Å². The minimum Gasteiger partial charge on any atom is -0.354 e. The molecule has 0 saturated heterocycles. The molecule has 1 aliphatic carbocycles. The lowest BCUT2D eigenvalue weighted by Crippen LogP contribution is -2.06. The molecule has 0 unspecified atom stereocenters. The molecule has 1 heterocycles. The molecule has 0 amide bonds. The van der Waals surface area contributed by atoms with Gasteiger partial charge in [0, 0.05) is 24.2 Å². The molecule has 1 fully saturated rings. The molecule has 4 nitrogen and oxygen atoms in total. The summed E-state index contributed by atoms with van der Waals surface area (Å²) in [6, 6.07) is 10.4. The fourth-order valence-electron chi connectivity index (χ4n) is 2.14. The van der Waals surface area contributed by atoms with E-state index in [1.54, 1.807) is 0 Å². The largest absolute Gasteiger partial charge is 0.354 e. The first-order valence-corrected chi connectivity index (χ1v) is 7.21. The highest BCUT2D eigenvalue weighted by atomic mass is 15.1. The van der Waals surface area contributed by atoms with Gasteiger partial charge >= 0.3 is 0 Å². The molecule has 2 N–H and O–H groups in total. The molecule has 1 aromatic carbocycles. The van der Waals surface area contributed by atoms with Crippen LogP contribution in [0.2, 0.25) is 0 Å². The smallest absolute Gasteiger partial charge is 0.224 e. The van der Waals surface area contributed by atoms with Crippen LogP contribution in [0.15, 0.2) is 30.3 Å². The quantitative estimate of drug-likeness (QED) is 0.865. The summed E-state index contributed by atoms with van der Waals surface area (Å²) in [4.78, 5) is 9.10. The minimum atomic E-state index is 0.619. The van der Waals surface area contributed by atoms with Crippen molar-refractivity contribution in [1.82, 2.24) is 9.97 Å².